The maximum atomic E-state index is 14.9. The highest BCUT2D eigenvalue weighted by molar-refractivity contribution is 5.72. The van der Waals surface area contributed by atoms with Gasteiger partial charge in [0, 0.05) is 12.1 Å². The zero-order chi connectivity index (χ0) is 30.4. The topological polar surface area (TPSA) is 18.5 Å². The number of benzene rings is 4. The van der Waals surface area contributed by atoms with Gasteiger partial charge in [0.15, 0.2) is 11.6 Å². The van der Waals surface area contributed by atoms with Gasteiger partial charge in [0.05, 0.1) is 5.56 Å². The Bertz CT molecular complexity index is 1580. The Morgan fingerprint density at radius 2 is 1.02 bits per heavy atom. The second-order valence-corrected chi connectivity index (χ2v) is 8.81. The Labute approximate surface area is 224 Å². The summed E-state index contributed by atoms with van der Waals surface area (Å²) >= 11 is 0. The van der Waals surface area contributed by atoms with E-state index in [-0.39, 0.29) is 29.8 Å². The fourth-order valence-electron chi connectivity index (χ4n) is 3.94. The molecule has 0 saturated carbocycles. The average Bonchev–Trinajstić information content (AvgIpc) is 2.81. The van der Waals surface area contributed by atoms with Gasteiger partial charge in [0.2, 0.25) is 5.75 Å². The number of halogens is 11. The van der Waals surface area contributed by atoms with Gasteiger partial charge in [0.25, 0.3) is 0 Å². The minimum Gasteiger partial charge on any atom is -0.429 e. The normalized spacial score (nSPS) is 12.0. The molecule has 0 aliphatic heterocycles. The Morgan fingerprint density at radius 3 is 1.51 bits per heavy atom. The van der Waals surface area contributed by atoms with Gasteiger partial charge in [-0.25, -0.2) is 26.3 Å². The van der Waals surface area contributed by atoms with Crippen molar-refractivity contribution < 1.29 is 57.8 Å². The van der Waals surface area contributed by atoms with E-state index < -0.39 is 75.6 Å². The van der Waals surface area contributed by atoms with Crippen LogP contribution in [0, 0.1) is 48.8 Å². The molecule has 4 aromatic carbocycles. The molecule has 13 heteroatoms. The number of aryl methyl sites for hydroxylation is 2. The second-order valence-electron chi connectivity index (χ2n) is 8.81. The number of hydrogen-bond acceptors (Lipinski definition) is 2. The molecule has 4 aromatic rings. The zero-order valence-corrected chi connectivity index (χ0v) is 20.7. The van der Waals surface area contributed by atoms with Crippen LogP contribution in [0.15, 0.2) is 54.6 Å². The lowest BCUT2D eigenvalue weighted by Crippen LogP contribution is -2.25. The molecule has 4 rings (SSSR count). The van der Waals surface area contributed by atoms with Crippen molar-refractivity contribution in [3.05, 3.63) is 106 Å². The molecule has 0 heterocycles. The molecule has 0 atom stereocenters. The third kappa shape index (κ3) is 6.23. The van der Waals surface area contributed by atoms with E-state index in [1.54, 1.807) is 25.1 Å². The Kier molecular flexibility index (Phi) is 7.67. The van der Waals surface area contributed by atoms with Crippen molar-refractivity contribution in [2.45, 2.75) is 26.3 Å². The number of alkyl halides is 5. The van der Waals surface area contributed by atoms with Crippen molar-refractivity contribution in [3.8, 4) is 33.8 Å². The Hall–Kier alpha value is -4.29. The van der Waals surface area contributed by atoms with Crippen molar-refractivity contribution in [2.75, 3.05) is 0 Å². The predicted octanol–water partition coefficient (Wildman–Crippen LogP) is 9.50. The molecule has 2 nitrogen and oxygen atoms in total. The summed E-state index contributed by atoms with van der Waals surface area (Å²) in [6.07, 6.45) is -10.5. The molecule has 216 valence electrons. The fraction of sp³-hybridized carbons (Fsp3) is 0.143. The SMILES string of the molecule is Cc1ccc(-c2cc(F)c(-c3cc(F)c(C(F)(F)Oc4cc(F)c(OC(F)(F)F)c(F)c4)c(F)c3)c(F)c2)cc1C. The molecule has 0 aromatic heterocycles. The smallest absolute Gasteiger partial charge is 0.429 e. The summed E-state index contributed by atoms with van der Waals surface area (Å²) in [6, 6.07) is 6.86. The lowest BCUT2D eigenvalue weighted by Gasteiger charge is -2.21. The molecule has 0 radical (unpaired) electrons. The van der Waals surface area contributed by atoms with Gasteiger partial charge < -0.3 is 9.47 Å². The number of ether oxygens (including phenoxy) is 2. The second kappa shape index (κ2) is 10.6. The van der Waals surface area contributed by atoms with Gasteiger partial charge in [-0.3, -0.25) is 0 Å². The molecule has 0 amide bonds. The monoisotopic (exact) mass is 592 g/mol. The van der Waals surface area contributed by atoms with Gasteiger partial charge in [-0.15, -0.1) is 13.2 Å². The molecule has 0 aliphatic rings. The molecule has 0 N–H and O–H groups in total. The molecule has 0 aliphatic carbocycles. The average molecular weight is 592 g/mol. The van der Waals surface area contributed by atoms with Gasteiger partial charge in [-0.05, 0) is 65.9 Å². The van der Waals surface area contributed by atoms with Crippen LogP contribution in [-0.4, -0.2) is 6.36 Å². The first-order valence-corrected chi connectivity index (χ1v) is 11.3. The van der Waals surface area contributed by atoms with Crippen LogP contribution in [0.2, 0.25) is 0 Å². The number of rotatable bonds is 6. The summed E-state index contributed by atoms with van der Waals surface area (Å²) in [5.74, 6) is -14.3. The predicted molar refractivity (Wildman–Crippen MR) is 124 cm³/mol. The van der Waals surface area contributed by atoms with Crippen molar-refractivity contribution in [1.82, 2.24) is 0 Å². The highest BCUT2D eigenvalue weighted by atomic mass is 19.4. The van der Waals surface area contributed by atoms with Crippen LogP contribution in [-0.2, 0) is 6.11 Å². The fourth-order valence-corrected chi connectivity index (χ4v) is 3.94. The first-order chi connectivity index (χ1) is 19.0. The molecule has 0 bridgehead atoms. The van der Waals surface area contributed by atoms with Gasteiger partial charge in [-0.1, -0.05) is 18.2 Å². The van der Waals surface area contributed by atoms with E-state index >= 15 is 0 Å². The van der Waals surface area contributed by atoms with Crippen molar-refractivity contribution >= 4 is 0 Å². The molecule has 0 unspecified atom stereocenters. The molecule has 41 heavy (non-hydrogen) atoms. The molecular weight excluding hydrogens is 577 g/mol. The van der Waals surface area contributed by atoms with Crippen molar-refractivity contribution in [2.24, 2.45) is 0 Å². The van der Waals surface area contributed by atoms with Crippen LogP contribution in [0.1, 0.15) is 16.7 Å². The minimum absolute atomic E-state index is 0.0930. The Balaban J connectivity index is 1.68. The molecule has 0 fully saturated rings. The Morgan fingerprint density at radius 1 is 0.512 bits per heavy atom. The van der Waals surface area contributed by atoms with Gasteiger partial charge in [-0.2, -0.15) is 8.78 Å². The van der Waals surface area contributed by atoms with Crippen LogP contribution in [0.25, 0.3) is 22.3 Å². The molecular formula is C28H15F11O2. The van der Waals surface area contributed by atoms with E-state index in [0.29, 0.717) is 5.56 Å². The first kappa shape index (κ1) is 29.7. The van der Waals surface area contributed by atoms with E-state index in [9.17, 15) is 48.3 Å². The van der Waals surface area contributed by atoms with Crippen molar-refractivity contribution in [1.29, 1.82) is 0 Å². The highest BCUT2D eigenvalue weighted by Gasteiger charge is 2.42. The summed E-state index contributed by atoms with van der Waals surface area (Å²) in [4.78, 5) is 0. The maximum absolute atomic E-state index is 14.9. The molecule has 0 spiro atoms. The van der Waals surface area contributed by atoms with Crippen LogP contribution >= 0.6 is 0 Å². The van der Waals surface area contributed by atoms with E-state index in [1.807, 2.05) is 6.92 Å². The zero-order valence-electron chi connectivity index (χ0n) is 20.7. The number of hydrogen-bond donors (Lipinski definition) is 0. The summed E-state index contributed by atoms with van der Waals surface area (Å²) in [6.45, 7) is 3.60. The lowest BCUT2D eigenvalue weighted by atomic mass is 9.96. The standard InChI is InChI=1S/C28H15F11O2/c1-12-3-4-14(5-13(12)2)15-6-18(29)24(19(30)7-15)16-8-20(31)25(21(32)9-16)27(35,36)40-17-10-22(33)26(23(34)11-17)41-28(37,38)39/h3-11H,1-2H3. The van der Waals surface area contributed by atoms with Crippen LogP contribution in [0.3, 0.4) is 0 Å². The van der Waals surface area contributed by atoms with E-state index in [2.05, 4.69) is 9.47 Å². The van der Waals surface area contributed by atoms with Crippen LogP contribution < -0.4 is 9.47 Å². The largest absolute Gasteiger partial charge is 0.573 e. The van der Waals surface area contributed by atoms with Crippen molar-refractivity contribution in [3.63, 3.8) is 0 Å². The summed E-state index contributed by atoms with van der Waals surface area (Å²) in [5.41, 5.74) is -1.57. The quantitative estimate of drug-likeness (QED) is 0.208. The lowest BCUT2D eigenvalue weighted by molar-refractivity contribution is -0.276. The minimum atomic E-state index is -5.53. The first-order valence-electron chi connectivity index (χ1n) is 11.3. The summed E-state index contributed by atoms with van der Waals surface area (Å²) in [7, 11) is 0. The van der Waals surface area contributed by atoms with E-state index in [0.717, 1.165) is 23.3 Å². The third-order valence-electron chi connectivity index (χ3n) is 5.94. The molecule has 0 saturated heterocycles. The van der Waals surface area contributed by atoms with E-state index in [1.165, 1.54) is 0 Å². The summed E-state index contributed by atoms with van der Waals surface area (Å²) in [5, 5.41) is 0. The van der Waals surface area contributed by atoms with Gasteiger partial charge >= 0.3 is 12.5 Å². The van der Waals surface area contributed by atoms with Crippen LogP contribution in [0.5, 0.6) is 11.5 Å². The highest BCUT2D eigenvalue weighted by Crippen LogP contribution is 2.40. The maximum Gasteiger partial charge on any atom is 0.573 e. The summed E-state index contributed by atoms with van der Waals surface area (Å²) < 4.78 is 160. The van der Waals surface area contributed by atoms with E-state index in [4.69, 9.17) is 0 Å². The van der Waals surface area contributed by atoms with Crippen LogP contribution in [0.4, 0.5) is 48.3 Å². The van der Waals surface area contributed by atoms with Gasteiger partial charge in [0.1, 0.15) is 34.6 Å². The third-order valence-corrected chi connectivity index (χ3v) is 5.94.